The van der Waals surface area contributed by atoms with E-state index in [0.29, 0.717) is 10.9 Å². The summed E-state index contributed by atoms with van der Waals surface area (Å²) in [5.74, 6) is 0. The van der Waals surface area contributed by atoms with Crippen molar-refractivity contribution < 1.29 is 0 Å². The van der Waals surface area contributed by atoms with Crippen molar-refractivity contribution in [2.24, 2.45) is 0 Å². The maximum Gasteiger partial charge on any atom is 0.282 e. The molecule has 0 unspecified atom stereocenters. The molecule has 0 fully saturated rings. The number of nitrogens with zero attached hydrogens (tertiary/aromatic N) is 3. The highest BCUT2D eigenvalue weighted by atomic mass is 16.1. The monoisotopic (exact) mass is 237 g/mol. The van der Waals surface area contributed by atoms with Gasteiger partial charge >= 0.3 is 0 Å². The molecular weight excluding hydrogens is 226 g/mol. The van der Waals surface area contributed by atoms with E-state index in [1.54, 1.807) is 12.1 Å². The van der Waals surface area contributed by atoms with Crippen molar-refractivity contribution in [1.29, 1.82) is 0 Å². The lowest BCUT2D eigenvalue weighted by molar-refractivity contribution is 0.737. The van der Waals surface area contributed by atoms with E-state index < -0.39 is 0 Å². The standard InChI is InChI=1S/C14H11N3O/c1-10-5-4-6-11(9-10)17-14(18)12-7-2-3-8-13(12)15-16-17/h2-9H,1H3. The highest BCUT2D eigenvalue weighted by Crippen LogP contribution is 2.09. The maximum absolute atomic E-state index is 12.3. The minimum absolute atomic E-state index is 0.147. The van der Waals surface area contributed by atoms with Crippen LogP contribution in [0.1, 0.15) is 5.56 Å². The van der Waals surface area contributed by atoms with Crippen molar-refractivity contribution in [2.75, 3.05) is 0 Å². The van der Waals surface area contributed by atoms with Gasteiger partial charge in [0.1, 0.15) is 5.52 Å². The second kappa shape index (κ2) is 4.07. The molecule has 1 aromatic heterocycles. The topological polar surface area (TPSA) is 47.8 Å². The van der Waals surface area contributed by atoms with Gasteiger partial charge in [-0.3, -0.25) is 4.79 Å². The van der Waals surface area contributed by atoms with Gasteiger partial charge in [-0.15, -0.1) is 5.10 Å². The first-order valence-corrected chi connectivity index (χ1v) is 5.67. The summed E-state index contributed by atoms with van der Waals surface area (Å²) in [6, 6.07) is 14.8. The van der Waals surface area contributed by atoms with Gasteiger partial charge in [0.05, 0.1) is 11.1 Å². The highest BCUT2D eigenvalue weighted by Gasteiger charge is 2.06. The van der Waals surface area contributed by atoms with E-state index in [1.165, 1.54) is 4.68 Å². The fourth-order valence-corrected chi connectivity index (χ4v) is 1.92. The van der Waals surface area contributed by atoms with Crippen LogP contribution in [-0.4, -0.2) is 15.0 Å². The Morgan fingerprint density at radius 2 is 1.89 bits per heavy atom. The van der Waals surface area contributed by atoms with Crippen LogP contribution in [-0.2, 0) is 0 Å². The SMILES string of the molecule is Cc1cccc(-n2nnc3ccccc3c2=O)c1. The molecule has 0 N–H and O–H groups in total. The zero-order valence-corrected chi connectivity index (χ0v) is 9.87. The van der Waals surface area contributed by atoms with Crippen LogP contribution < -0.4 is 5.56 Å². The third kappa shape index (κ3) is 1.68. The van der Waals surface area contributed by atoms with Crippen LogP contribution >= 0.6 is 0 Å². The summed E-state index contributed by atoms with van der Waals surface area (Å²) in [5, 5.41) is 8.61. The molecule has 0 aliphatic rings. The first-order chi connectivity index (χ1) is 8.75. The van der Waals surface area contributed by atoms with Crippen LogP contribution in [0.2, 0.25) is 0 Å². The van der Waals surface area contributed by atoms with Crippen LogP contribution in [0, 0.1) is 6.92 Å². The van der Waals surface area contributed by atoms with E-state index >= 15 is 0 Å². The first kappa shape index (κ1) is 10.7. The Labute approximate surface area is 104 Å². The molecule has 4 nitrogen and oxygen atoms in total. The average Bonchev–Trinajstić information content (AvgIpc) is 2.39. The summed E-state index contributed by atoms with van der Waals surface area (Å²) < 4.78 is 1.33. The van der Waals surface area contributed by atoms with Crippen LogP contribution in [0.25, 0.3) is 16.6 Å². The van der Waals surface area contributed by atoms with Gasteiger partial charge in [0.15, 0.2) is 0 Å². The molecule has 0 amide bonds. The predicted octanol–water partition coefficient (Wildman–Crippen LogP) is 2.09. The number of benzene rings is 2. The lowest BCUT2D eigenvalue weighted by Gasteiger charge is -2.05. The third-order valence-corrected chi connectivity index (χ3v) is 2.81. The van der Waals surface area contributed by atoms with Crippen molar-refractivity contribution >= 4 is 10.9 Å². The van der Waals surface area contributed by atoms with E-state index in [1.807, 2.05) is 43.3 Å². The zero-order chi connectivity index (χ0) is 12.5. The molecule has 0 bridgehead atoms. The molecule has 0 aliphatic heterocycles. The molecule has 0 spiro atoms. The largest absolute Gasteiger partial charge is 0.282 e. The Kier molecular flexibility index (Phi) is 2.41. The normalized spacial score (nSPS) is 10.7. The summed E-state index contributed by atoms with van der Waals surface area (Å²) in [6.45, 7) is 1.98. The summed E-state index contributed by atoms with van der Waals surface area (Å²) in [4.78, 5) is 12.3. The van der Waals surface area contributed by atoms with E-state index in [2.05, 4.69) is 10.3 Å². The molecule has 3 rings (SSSR count). The fraction of sp³-hybridized carbons (Fsp3) is 0.0714. The van der Waals surface area contributed by atoms with Gasteiger partial charge in [-0.1, -0.05) is 29.5 Å². The number of aryl methyl sites for hydroxylation is 1. The van der Waals surface area contributed by atoms with Gasteiger partial charge in [0.25, 0.3) is 5.56 Å². The highest BCUT2D eigenvalue weighted by molar-refractivity contribution is 5.76. The van der Waals surface area contributed by atoms with E-state index in [0.717, 1.165) is 11.3 Å². The summed E-state index contributed by atoms with van der Waals surface area (Å²) in [5.41, 5.74) is 2.28. The van der Waals surface area contributed by atoms with Crippen LogP contribution in [0.4, 0.5) is 0 Å². The van der Waals surface area contributed by atoms with Crippen LogP contribution in [0.5, 0.6) is 0 Å². The van der Waals surface area contributed by atoms with E-state index in [-0.39, 0.29) is 5.56 Å². The van der Waals surface area contributed by atoms with Gasteiger partial charge in [0, 0.05) is 0 Å². The molecule has 18 heavy (non-hydrogen) atoms. The summed E-state index contributed by atoms with van der Waals surface area (Å²) >= 11 is 0. The van der Waals surface area contributed by atoms with Crippen molar-refractivity contribution in [3.63, 3.8) is 0 Å². The molecule has 88 valence electrons. The first-order valence-electron chi connectivity index (χ1n) is 5.67. The van der Waals surface area contributed by atoms with Crippen LogP contribution in [0.3, 0.4) is 0 Å². The Hall–Kier alpha value is -2.49. The third-order valence-electron chi connectivity index (χ3n) is 2.81. The molecule has 1 heterocycles. The van der Waals surface area contributed by atoms with Crippen molar-refractivity contribution in [1.82, 2.24) is 15.0 Å². The molecular formula is C14H11N3O. The predicted molar refractivity (Wildman–Crippen MR) is 69.9 cm³/mol. The molecule has 3 aromatic rings. The van der Waals surface area contributed by atoms with Gasteiger partial charge in [-0.2, -0.15) is 4.68 Å². The second-order valence-corrected chi connectivity index (χ2v) is 4.16. The lowest BCUT2D eigenvalue weighted by atomic mass is 10.2. The minimum atomic E-state index is -0.147. The van der Waals surface area contributed by atoms with E-state index in [4.69, 9.17) is 0 Å². The maximum atomic E-state index is 12.3. The Morgan fingerprint density at radius 1 is 1.06 bits per heavy atom. The smallest absolute Gasteiger partial charge is 0.267 e. The number of hydrogen-bond donors (Lipinski definition) is 0. The molecule has 0 saturated heterocycles. The molecule has 0 atom stereocenters. The number of fused-ring (bicyclic) bond motifs is 1. The summed E-state index contributed by atoms with van der Waals surface area (Å²) in [7, 11) is 0. The zero-order valence-electron chi connectivity index (χ0n) is 9.87. The quantitative estimate of drug-likeness (QED) is 0.651. The molecule has 0 radical (unpaired) electrons. The van der Waals surface area contributed by atoms with Crippen molar-refractivity contribution in [2.45, 2.75) is 6.92 Å². The minimum Gasteiger partial charge on any atom is -0.267 e. The Morgan fingerprint density at radius 3 is 2.72 bits per heavy atom. The van der Waals surface area contributed by atoms with Crippen LogP contribution in [0.15, 0.2) is 53.3 Å². The summed E-state index contributed by atoms with van der Waals surface area (Å²) in [6.07, 6.45) is 0. The Bertz CT molecular complexity index is 777. The van der Waals surface area contributed by atoms with Gasteiger partial charge in [-0.05, 0) is 36.8 Å². The van der Waals surface area contributed by atoms with Crippen molar-refractivity contribution in [3.8, 4) is 5.69 Å². The Balaban J connectivity index is 2.31. The fourth-order valence-electron chi connectivity index (χ4n) is 1.92. The van der Waals surface area contributed by atoms with Gasteiger partial charge in [-0.25, -0.2) is 0 Å². The molecule has 4 heteroatoms. The van der Waals surface area contributed by atoms with E-state index in [9.17, 15) is 4.79 Å². The van der Waals surface area contributed by atoms with Gasteiger partial charge in [0.2, 0.25) is 0 Å². The molecule has 2 aromatic carbocycles. The van der Waals surface area contributed by atoms with Crippen molar-refractivity contribution in [3.05, 3.63) is 64.4 Å². The van der Waals surface area contributed by atoms with Gasteiger partial charge < -0.3 is 0 Å². The number of hydrogen-bond acceptors (Lipinski definition) is 3. The second-order valence-electron chi connectivity index (χ2n) is 4.16. The number of aromatic nitrogens is 3. The molecule has 0 aliphatic carbocycles. The molecule has 0 saturated carbocycles. The lowest BCUT2D eigenvalue weighted by Crippen LogP contribution is -2.22. The average molecular weight is 237 g/mol. The number of rotatable bonds is 1.